The highest BCUT2D eigenvalue weighted by Crippen LogP contribution is 2.18. The largest absolute Gasteiger partial charge is 0.321 e. The van der Waals surface area contributed by atoms with Crippen molar-refractivity contribution in [2.45, 2.75) is 6.54 Å². The summed E-state index contributed by atoms with van der Waals surface area (Å²) >= 11 is 5.80. The zero-order chi connectivity index (χ0) is 15.2. The summed E-state index contributed by atoms with van der Waals surface area (Å²) in [6, 6.07) is 14.9. The second kappa shape index (κ2) is 6.87. The number of hydrogen-bond donors (Lipinski definition) is 0. The van der Waals surface area contributed by atoms with Crippen LogP contribution in [0.1, 0.15) is 15.9 Å². The molecule has 0 aromatic heterocycles. The minimum atomic E-state index is -0.652. The Morgan fingerprint density at radius 3 is 2.62 bits per heavy atom. The molecule has 0 unspecified atom stereocenters. The average molecular weight is 303 g/mol. The van der Waals surface area contributed by atoms with E-state index in [0.29, 0.717) is 0 Å². The number of halogens is 2. The van der Waals surface area contributed by atoms with Crippen LogP contribution >= 0.6 is 11.6 Å². The van der Waals surface area contributed by atoms with E-state index < -0.39 is 11.7 Å². The molecule has 21 heavy (non-hydrogen) atoms. The van der Waals surface area contributed by atoms with Crippen molar-refractivity contribution in [1.82, 2.24) is 4.90 Å². The summed E-state index contributed by atoms with van der Waals surface area (Å²) in [4.78, 5) is 13.7. The summed E-state index contributed by atoms with van der Waals surface area (Å²) in [5.41, 5.74) is 0.734. The molecule has 0 aliphatic carbocycles. The molecular weight excluding hydrogens is 291 g/mol. The van der Waals surface area contributed by atoms with Gasteiger partial charge >= 0.3 is 0 Å². The highest BCUT2D eigenvalue weighted by molar-refractivity contribution is 6.31. The number of nitrogens with zero attached hydrogens (tertiary/aromatic N) is 2. The first-order chi connectivity index (χ1) is 10.1. The molecule has 2 rings (SSSR count). The first-order valence-electron chi connectivity index (χ1n) is 6.27. The predicted octanol–water partition coefficient (Wildman–Crippen LogP) is 3.65. The van der Waals surface area contributed by atoms with Gasteiger partial charge in [0.25, 0.3) is 5.91 Å². The van der Waals surface area contributed by atoms with E-state index in [9.17, 15) is 9.18 Å². The van der Waals surface area contributed by atoms with E-state index in [0.717, 1.165) is 11.6 Å². The minimum Gasteiger partial charge on any atom is -0.321 e. The van der Waals surface area contributed by atoms with Gasteiger partial charge in [-0.2, -0.15) is 5.26 Å². The molecule has 0 N–H and O–H groups in total. The van der Waals surface area contributed by atoms with Crippen LogP contribution in [-0.2, 0) is 6.54 Å². The molecule has 0 aliphatic heterocycles. The quantitative estimate of drug-likeness (QED) is 0.809. The van der Waals surface area contributed by atoms with Gasteiger partial charge < -0.3 is 4.90 Å². The molecule has 0 radical (unpaired) electrons. The van der Waals surface area contributed by atoms with E-state index >= 15 is 0 Å². The standard InChI is InChI=1S/C16H12ClFN2O/c17-13-6-7-15(18)14(10-13)16(21)20(9-8-19)11-12-4-2-1-3-5-12/h1-7,10H,9,11H2. The highest BCUT2D eigenvalue weighted by Gasteiger charge is 2.19. The molecule has 0 saturated heterocycles. The molecule has 3 nitrogen and oxygen atoms in total. The maximum atomic E-state index is 13.8. The lowest BCUT2D eigenvalue weighted by molar-refractivity contribution is 0.0760. The van der Waals surface area contributed by atoms with E-state index in [1.54, 1.807) is 0 Å². The molecule has 5 heteroatoms. The Hall–Kier alpha value is -2.38. The lowest BCUT2D eigenvalue weighted by Gasteiger charge is -2.20. The summed E-state index contributed by atoms with van der Waals surface area (Å²) < 4.78 is 13.8. The van der Waals surface area contributed by atoms with Crippen LogP contribution in [0.25, 0.3) is 0 Å². The Kier molecular flexibility index (Phi) is 4.91. The Morgan fingerprint density at radius 1 is 1.24 bits per heavy atom. The molecule has 0 saturated carbocycles. The topological polar surface area (TPSA) is 44.1 Å². The Balaban J connectivity index is 2.27. The Labute approximate surface area is 127 Å². The van der Waals surface area contributed by atoms with Crippen molar-refractivity contribution < 1.29 is 9.18 Å². The number of benzene rings is 2. The van der Waals surface area contributed by atoms with Crippen LogP contribution < -0.4 is 0 Å². The number of rotatable bonds is 4. The van der Waals surface area contributed by atoms with Gasteiger partial charge in [0.2, 0.25) is 0 Å². The molecular formula is C16H12ClFN2O. The van der Waals surface area contributed by atoms with Crippen molar-refractivity contribution >= 4 is 17.5 Å². The lowest BCUT2D eigenvalue weighted by Crippen LogP contribution is -2.31. The number of carbonyl (C=O) groups excluding carboxylic acids is 1. The van der Waals surface area contributed by atoms with Gasteiger partial charge in [0.05, 0.1) is 11.6 Å². The van der Waals surface area contributed by atoms with Crippen LogP contribution in [0.5, 0.6) is 0 Å². The molecule has 2 aromatic rings. The molecule has 0 heterocycles. The van der Waals surface area contributed by atoms with E-state index in [4.69, 9.17) is 16.9 Å². The maximum Gasteiger partial charge on any atom is 0.258 e. The van der Waals surface area contributed by atoms with E-state index in [2.05, 4.69) is 0 Å². The van der Waals surface area contributed by atoms with Crippen molar-refractivity contribution in [2.75, 3.05) is 6.54 Å². The molecule has 0 fully saturated rings. The van der Waals surface area contributed by atoms with Gasteiger partial charge in [-0.25, -0.2) is 4.39 Å². The third kappa shape index (κ3) is 3.80. The van der Waals surface area contributed by atoms with Crippen LogP contribution in [0.2, 0.25) is 5.02 Å². The Morgan fingerprint density at radius 2 is 1.95 bits per heavy atom. The van der Waals surface area contributed by atoms with Crippen molar-refractivity contribution in [3.63, 3.8) is 0 Å². The molecule has 1 amide bonds. The highest BCUT2D eigenvalue weighted by atomic mass is 35.5. The van der Waals surface area contributed by atoms with Gasteiger partial charge in [0, 0.05) is 11.6 Å². The fraction of sp³-hybridized carbons (Fsp3) is 0.125. The van der Waals surface area contributed by atoms with Crippen LogP contribution in [0.4, 0.5) is 4.39 Å². The lowest BCUT2D eigenvalue weighted by atomic mass is 10.1. The molecule has 106 valence electrons. The van der Waals surface area contributed by atoms with Crippen molar-refractivity contribution in [3.8, 4) is 6.07 Å². The van der Waals surface area contributed by atoms with E-state index in [1.807, 2.05) is 36.4 Å². The smallest absolute Gasteiger partial charge is 0.258 e. The normalized spacial score (nSPS) is 9.95. The van der Waals surface area contributed by atoms with Gasteiger partial charge in [-0.3, -0.25) is 4.79 Å². The van der Waals surface area contributed by atoms with Crippen molar-refractivity contribution in [1.29, 1.82) is 5.26 Å². The zero-order valence-corrected chi connectivity index (χ0v) is 11.8. The first-order valence-corrected chi connectivity index (χ1v) is 6.65. The number of carbonyl (C=O) groups is 1. The van der Waals surface area contributed by atoms with Gasteiger partial charge in [0.1, 0.15) is 12.4 Å². The average Bonchev–Trinajstić information content (AvgIpc) is 2.49. The molecule has 2 aromatic carbocycles. The second-order valence-electron chi connectivity index (χ2n) is 4.43. The third-order valence-electron chi connectivity index (χ3n) is 2.92. The number of amides is 1. The molecule has 0 spiro atoms. The van der Waals surface area contributed by atoms with Gasteiger partial charge in [-0.1, -0.05) is 41.9 Å². The van der Waals surface area contributed by atoms with Crippen LogP contribution in [0, 0.1) is 17.1 Å². The van der Waals surface area contributed by atoms with Crippen molar-refractivity contribution in [3.05, 3.63) is 70.5 Å². The maximum absolute atomic E-state index is 13.8. The summed E-state index contributed by atoms with van der Waals surface area (Å²) in [6.45, 7) is 0.110. The summed E-state index contributed by atoms with van der Waals surface area (Å²) in [5, 5.41) is 9.15. The Bertz CT molecular complexity index is 682. The van der Waals surface area contributed by atoms with Crippen molar-refractivity contribution in [2.24, 2.45) is 0 Å². The molecule has 0 bridgehead atoms. The van der Waals surface area contributed by atoms with Gasteiger partial charge in [-0.05, 0) is 23.8 Å². The summed E-state index contributed by atoms with van der Waals surface area (Å²) in [6.07, 6.45) is 0. The van der Waals surface area contributed by atoms with Crippen LogP contribution in [0.3, 0.4) is 0 Å². The summed E-state index contributed by atoms with van der Waals surface area (Å²) in [7, 11) is 0. The first kappa shape index (κ1) is 15.0. The molecule has 0 atom stereocenters. The zero-order valence-electron chi connectivity index (χ0n) is 11.1. The SMILES string of the molecule is N#CCN(Cc1ccccc1)C(=O)c1cc(Cl)ccc1F. The van der Waals surface area contributed by atoms with Gasteiger partial charge in [0.15, 0.2) is 0 Å². The number of hydrogen-bond acceptors (Lipinski definition) is 2. The summed E-state index contributed by atoms with van der Waals surface area (Å²) in [5.74, 6) is -1.21. The van der Waals surface area contributed by atoms with Crippen LogP contribution in [0.15, 0.2) is 48.5 Å². The third-order valence-corrected chi connectivity index (χ3v) is 3.16. The van der Waals surface area contributed by atoms with Gasteiger partial charge in [-0.15, -0.1) is 0 Å². The van der Waals surface area contributed by atoms with Crippen LogP contribution in [-0.4, -0.2) is 17.4 Å². The fourth-order valence-corrected chi connectivity index (χ4v) is 2.09. The number of nitriles is 1. The van der Waals surface area contributed by atoms with E-state index in [-0.39, 0.29) is 23.7 Å². The predicted molar refractivity (Wildman–Crippen MR) is 78.2 cm³/mol. The second-order valence-corrected chi connectivity index (χ2v) is 4.87. The monoisotopic (exact) mass is 302 g/mol. The fourth-order valence-electron chi connectivity index (χ4n) is 1.92. The minimum absolute atomic E-state index is 0.125. The molecule has 0 aliphatic rings. The van der Waals surface area contributed by atoms with E-state index in [1.165, 1.54) is 17.0 Å².